The van der Waals surface area contributed by atoms with E-state index in [1.165, 1.54) is 0 Å². The van der Waals surface area contributed by atoms with Crippen LogP contribution in [0.15, 0.2) is 46.9 Å². The molecule has 0 spiro atoms. The lowest BCUT2D eigenvalue weighted by molar-refractivity contribution is 0.0943. The Morgan fingerprint density at radius 2 is 1.88 bits per heavy atom. The molecule has 0 radical (unpaired) electrons. The first kappa shape index (κ1) is 18.9. The van der Waals surface area contributed by atoms with E-state index in [1.54, 1.807) is 22.9 Å². The minimum atomic E-state index is -0.316. The zero-order valence-electron chi connectivity index (χ0n) is 13.8. The van der Waals surface area contributed by atoms with E-state index >= 15 is 0 Å². The molecule has 0 atom stereocenters. The molecule has 0 unspecified atom stereocenters. The van der Waals surface area contributed by atoms with Gasteiger partial charge in [0.15, 0.2) is 5.82 Å². The minimum Gasteiger partial charge on any atom is -0.349 e. The van der Waals surface area contributed by atoms with E-state index in [4.69, 9.17) is 23.2 Å². The Bertz CT molecular complexity index is 941. The van der Waals surface area contributed by atoms with Crippen molar-refractivity contribution in [2.24, 2.45) is 0 Å². The van der Waals surface area contributed by atoms with E-state index < -0.39 is 0 Å². The molecule has 0 aliphatic heterocycles. The molecular formula is C18H15BrCl2N4O. The number of amides is 1. The number of nitrogens with one attached hydrogen (secondary N) is 1. The van der Waals surface area contributed by atoms with Crippen LogP contribution in [0.4, 0.5) is 0 Å². The van der Waals surface area contributed by atoms with Crippen LogP contribution in [-0.4, -0.2) is 27.2 Å². The molecule has 26 heavy (non-hydrogen) atoms. The van der Waals surface area contributed by atoms with Crippen LogP contribution in [-0.2, 0) is 0 Å². The Kier molecular flexibility index (Phi) is 5.96. The van der Waals surface area contributed by atoms with Gasteiger partial charge in [0, 0.05) is 16.6 Å². The summed E-state index contributed by atoms with van der Waals surface area (Å²) in [6.07, 6.45) is 0.832. The number of hydrogen-bond donors (Lipinski definition) is 1. The maximum atomic E-state index is 12.3. The Morgan fingerprint density at radius 1 is 1.15 bits per heavy atom. The van der Waals surface area contributed by atoms with Gasteiger partial charge >= 0.3 is 0 Å². The fourth-order valence-corrected chi connectivity index (χ4v) is 2.87. The molecule has 0 aliphatic carbocycles. The van der Waals surface area contributed by atoms with Crippen LogP contribution in [0.3, 0.4) is 0 Å². The summed E-state index contributed by atoms with van der Waals surface area (Å²) in [5, 5.41) is 8.02. The summed E-state index contributed by atoms with van der Waals surface area (Å²) < 4.78 is 2.54. The zero-order chi connectivity index (χ0) is 18.7. The molecule has 8 heteroatoms. The highest BCUT2D eigenvalue weighted by Crippen LogP contribution is 2.28. The van der Waals surface area contributed by atoms with Gasteiger partial charge in [-0.1, -0.05) is 58.2 Å². The molecule has 134 valence electrons. The predicted octanol–water partition coefficient (Wildman–Crippen LogP) is 5.14. The van der Waals surface area contributed by atoms with Crippen molar-refractivity contribution in [1.82, 2.24) is 20.1 Å². The molecule has 1 amide bonds. The number of hydrogen-bond acceptors (Lipinski definition) is 3. The number of halogens is 3. The molecule has 0 saturated heterocycles. The number of rotatable bonds is 5. The van der Waals surface area contributed by atoms with Crippen molar-refractivity contribution in [1.29, 1.82) is 0 Å². The smallest absolute Gasteiger partial charge is 0.290 e. The van der Waals surface area contributed by atoms with Crippen molar-refractivity contribution in [2.45, 2.75) is 13.3 Å². The van der Waals surface area contributed by atoms with Gasteiger partial charge in [-0.2, -0.15) is 0 Å². The maximum absolute atomic E-state index is 12.3. The molecule has 0 bridgehead atoms. The highest BCUT2D eigenvalue weighted by molar-refractivity contribution is 9.10. The summed E-state index contributed by atoms with van der Waals surface area (Å²) in [7, 11) is 0. The van der Waals surface area contributed by atoms with Gasteiger partial charge in [0.2, 0.25) is 5.82 Å². The topological polar surface area (TPSA) is 59.8 Å². The fourth-order valence-electron chi connectivity index (χ4n) is 2.31. The van der Waals surface area contributed by atoms with Crippen LogP contribution in [0.1, 0.15) is 24.0 Å². The summed E-state index contributed by atoms with van der Waals surface area (Å²) in [5.74, 6) is 0.323. The van der Waals surface area contributed by atoms with E-state index in [0.717, 1.165) is 16.5 Å². The van der Waals surface area contributed by atoms with E-state index in [9.17, 15) is 4.79 Å². The largest absolute Gasteiger partial charge is 0.349 e. The monoisotopic (exact) mass is 452 g/mol. The van der Waals surface area contributed by atoms with Crippen molar-refractivity contribution in [2.75, 3.05) is 6.54 Å². The van der Waals surface area contributed by atoms with Gasteiger partial charge in [-0.3, -0.25) is 4.79 Å². The minimum absolute atomic E-state index is 0.0995. The van der Waals surface area contributed by atoms with Crippen molar-refractivity contribution in [3.63, 3.8) is 0 Å². The molecule has 1 N–H and O–H groups in total. The average molecular weight is 454 g/mol. The highest BCUT2D eigenvalue weighted by atomic mass is 79.9. The number of carbonyl (C=O) groups excluding carboxylic acids is 1. The van der Waals surface area contributed by atoms with E-state index in [0.29, 0.717) is 28.1 Å². The fraction of sp³-hybridized carbons (Fsp3) is 0.167. The second-order valence-electron chi connectivity index (χ2n) is 5.53. The van der Waals surface area contributed by atoms with Gasteiger partial charge in [0.1, 0.15) is 0 Å². The Morgan fingerprint density at radius 3 is 2.54 bits per heavy atom. The summed E-state index contributed by atoms with van der Waals surface area (Å²) in [4.78, 5) is 16.7. The lowest BCUT2D eigenvalue weighted by Gasteiger charge is -2.07. The van der Waals surface area contributed by atoms with E-state index in [-0.39, 0.29) is 11.7 Å². The van der Waals surface area contributed by atoms with Gasteiger partial charge in [-0.25, -0.2) is 9.67 Å². The molecule has 3 rings (SSSR count). The molecule has 0 saturated carbocycles. The van der Waals surface area contributed by atoms with Crippen molar-refractivity contribution in [3.8, 4) is 17.1 Å². The van der Waals surface area contributed by atoms with Gasteiger partial charge < -0.3 is 5.32 Å². The van der Waals surface area contributed by atoms with Crippen LogP contribution >= 0.6 is 39.1 Å². The van der Waals surface area contributed by atoms with Crippen molar-refractivity contribution in [3.05, 3.63) is 62.8 Å². The number of carbonyl (C=O) groups is 1. The Hall–Kier alpha value is -1.89. The van der Waals surface area contributed by atoms with Crippen LogP contribution < -0.4 is 5.32 Å². The second kappa shape index (κ2) is 8.20. The van der Waals surface area contributed by atoms with Crippen molar-refractivity contribution < 1.29 is 4.79 Å². The van der Waals surface area contributed by atoms with Gasteiger partial charge in [-0.15, -0.1) is 5.10 Å². The van der Waals surface area contributed by atoms with Crippen LogP contribution in [0.5, 0.6) is 0 Å². The van der Waals surface area contributed by atoms with Crippen LogP contribution in [0, 0.1) is 0 Å². The van der Waals surface area contributed by atoms with Crippen LogP contribution in [0.2, 0.25) is 10.0 Å². The SMILES string of the molecule is CCCNC(=O)c1nc(-c2ccc(Br)cc2)n(-c2ccc(Cl)c(Cl)c2)n1. The number of benzene rings is 2. The van der Waals surface area contributed by atoms with Gasteiger partial charge in [0.25, 0.3) is 5.91 Å². The quantitative estimate of drug-likeness (QED) is 0.581. The summed E-state index contributed by atoms with van der Waals surface area (Å²) in [6, 6.07) is 12.8. The molecule has 0 fully saturated rings. The summed E-state index contributed by atoms with van der Waals surface area (Å²) >= 11 is 15.6. The molecule has 5 nitrogen and oxygen atoms in total. The average Bonchev–Trinajstić information content (AvgIpc) is 3.08. The predicted molar refractivity (Wildman–Crippen MR) is 107 cm³/mol. The lowest BCUT2D eigenvalue weighted by atomic mass is 10.2. The first-order valence-corrected chi connectivity index (χ1v) is 9.51. The summed E-state index contributed by atoms with van der Waals surface area (Å²) in [6.45, 7) is 2.54. The van der Waals surface area contributed by atoms with E-state index in [2.05, 4.69) is 31.3 Å². The van der Waals surface area contributed by atoms with Crippen LogP contribution in [0.25, 0.3) is 17.1 Å². The maximum Gasteiger partial charge on any atom is 0.290 e. The molecule has 1 aromatic heterocycles. The normalized spacial score (nSPS) is 10.8. The summed E-state index contributed by atoms with van der Waals surface area (Å²) in [5.41, 5.74) is 1.49. The third kappa shape index (κ3) is 4.09. The molecule has 0 aliphatic rings. The van der Waals surface area contributed by atoms with Gasteiger partial charge in [-0.05, 0) is 36.8 Å². The third-order valence-electron chi connectivity index (χ3n) is 3.60. The second-order valence-corrected chi connectivity index (χ2v) is 7.26. The van der Waals surface area contributed by atoms with Gasteiger partial charge in [0.05, 0.1) is 15.7 Å². The van der Waals surface area contributed by atoms with Crippen molar-refractivity contribution >= 4 is 45.0 Å². The molecule has 3 aromatic rings. The Balaban J connectivity index is 2.10. The van der Waals surface area contributed by atoms with E-state index in [1.807, 2.05) is 31.2 Å². The zero-order valence-corrected chi connectivity index (χ0v) is 16.9. The first-order valence-electron chi connectivity index (χ1n) is 7.96. The molecule has 1 heterocycles. The third-order valence-corrected chi connectivity index (χ3v) is 4.86. The standard InChI is InChI=1S/C18H15BrCl2N4O/c1-2-9-22-18(26)16-23-17(11-3-5-12(19)6-4-11)25(24-16)13-7-8-14(20)15(21)10-13/h3-8,10H,2,9H2,1H3,(H,22,26). The first-order chi connectivity index (χ1) is 12.5. The molecular weight excluding hydrogens is 439 g/mol. The number of nitrogens with zero attached hydrogens (tertiary/aromatic N) is 3. The lowest BCUT2D eigenvalue weighted by Crippen LogP contribution is -2.25. The number of aromatic nitrogens is 3. The highest BCUT2D eigenvalue weighted by Gasteiger charge is 2.19. The Labute approximate surface area is 169 Å². The molecule has 2 aromatic carbocycles.